The lowest BCUT2D eigenvalue weighted by molar-refractivity contribution is 0.0702. The predicted molar refractivity (Wildman–Crippen MR) is 515 cm³/mol. The van der Waals surface area contributed by atoms with E-state index in [2.05, 4.69) is 29.9 Å². The Morgan fingerprint density at radius 1 is 0.419 bits per heavy atom. The normalized spacial score (nSPS) is 10.8. The summed E-state index contributed by atoms with van der Waals surface area (Å²) < 4.78 is 23.5. The molecule has 0 aliphatic carbocycles. The van der Waals surface area contributed by atoms with E-state index < -0.39 is 42.5 Å². The molecule has 6 heterocycles. The molecule has 136 heavy (non-hydrogen) atoms. The molecule has 31 nitrogen and oxygen atoms in total. The van der Waals surface area contributed by atoms with Crippen LogP contribution in [0.15, 0.2) is 328 Å². The Balaban J connectivity index is 0.000000137. The number of aliphatic hydroxyl groups is 2. The number of ketones is 2. The zero-order chi connectivity index (χ0) is 95.9. The molecule has 12 aromatic carbocycles. The summed E-state index contributed by atoms with van der Waals surface area (Å²) >= 11 is 7.89. The number of hydrogen-bond acceptors (Lipinski definition) is 24. The number of H-pyrrole nitrogens is 1. The summed E-state index contributed by atoms with van der Waals surface area (Å²) in [5.41, 5.74) is 16.1. The number of aryl methyl sites for hydroxylation is 3. The fraction of sp³-hybridized carbons (Fsp3) is 0.117. The van der Waals surface area contributed by atoms with Crippen LogP contribution in [0, 0.1) is 20.8 Å². The molecule has 0 spiro atoms. The van der Waals surface area contributed by atoms with Crippen LogP contribution in [0.2, 0.25) is 5.02 Å². The van der Waals surface area contributed by atoms with Crippen LogP contribution in [-0.4, -0.2) is 123 Å². The van der Waals surface area contributed by atoms with E-state index in [-0.39, 0.29) is 56.7 Å². The number of Topliss-reactive ketones (excluding diaryl/α,β-unsaturated/α-hetero) is 2. The Morgan fingerprint density at radius 3 is 1.50 bits per heavy atom. The molecule has 9 N–H and O–H groups in total. The topological polar surface area (TPSA) is 436 Å². The Bertz CT molecular complexity index is 7820. The maximum atomic E-state index is 12.9. The highest BCUT2D eigenvalue weighted by molar-refractivity contribution is 7.09. The van der Waals surface area contributed by atoms with Gasteiger partial charge in [0.1, 0.15) is 56.1 Å². The summed E-state index contributed by atoms with van der Waals surface area (Å²) in [6.45, 7) is 6.95. The number of aromatic amines is 1. The number of carbonyl (C=O) groups is 5. The van der Waals surface area contributed by atoms with Gasteiger partial charge in [0.2, 0.25) is 0 Å². The standard InChI is InChI=1S/C23H17ClN2O3.C23H19N3O4.C23H20N2O4S.C17H15N3O4.C17H15N3O3/c24-20-7-2-1-6-18(20)16-5-3-4-15(10-16)12-26-14-25-21-9-8-17(22(28)13-27)11-19(21)23(26)29;27-22(25-29)18-9-10-21-20(12-18)23(28)26(15-24-21)13-17-7-4-8-19(11-17)30-14-16-5-2-1-3-6-16;1-15-24-20(14-30-15)18-4-2-3-5-22(18)29-11-10-25-9-8-16-6-7-17(21(27)13-26)12-19(16)23(25)28;1-10-4-2-3-5-14(10)24-9-15-18-13-8-11(16(21)20-23)6-7-12(13)17(22)19-15;1-11-2-4-12(5-3-11)9-20-10-18-15-7-6-13(16(21)19-23)8-14(15)17(20)22/h1-11,14,27H,12-13H2;1-12,15,29H,13-14H2,(H,25,27);2-9,12,14,26H,10-11,13H2,1H3;2-8,23H,9H2,1H3,(H,20,21)(H,18,19,22);2-8,10,23H,9H2,1H3,(H,19,21). The second-order valence-corrected chi connectivity index (χ2v) is 32.3. The number of benzene rings is 12. The van der Waals surface area contributed by atoms with Gasteiger partial charge in [-0.2, -0.15) is 0 Å². The molecule has 0 aliphatic heterocycles. The first-order chi connectivity index (χ1) is 65.9. The number of rotatable bonds is 25. The lowest BCUT2D eigenvalue weighted by Gasteiger charge is -2.12. The number of aromatic nitrogens is 10. The Hall–Kier alpha value is -16.7. The first kappa shape index (κ1) is 95.4. The maximum absolute atomic E-state index is 12.9. The van der Waals surface area contributed by atoms with Gasteiger partial charge in [-0.25, -0.2) is 41.4 Å². The number of pyridine rings is 1. The number of nitrogens with zero attached hydrogens (tertiary/aromatic N) is 9. The minimum atomic E-state index is -0.685. The van der Waals surface area contributed by atoms with E-state index in [1.807, 2.05) is 208 Å². The van der Waals surface area contributed by atoms with Crippen molar-refractivity contribution < 1.29 is 64.0 Å². The van der Waals surface area contributed by atoms with Crippen molar-refractivity contribution in [3.8, 4) is 39.6 Å². The first-order valence-electron chi connectivity index (χ1n) is 42.2. The van der Waals surface area contributed by atoms with Crippen molar-refractivity contribution in [3.05, 3.63) is 432 Å². The average Bonchev–Trinajstić information content (AvgIpc) is 0.879. The molecule has 6 aromatic heterocycles. The molecular formula is C103H86ClN13O18S. The van der Waals surface area contributed by atoms with Crippen LogP contribution in [0.25, 0.3) is 76.8 Å². The van der Waals surface area contributed by atoms with Crippen LogP contribution in [0.4, 0.5) is 0 Å². The summed E-state index contributed by atoms with van der Waals surface area (Å²) in [7, 11) is 0. The van der Waals surface area contributed by atoms with Crippen LogP contribution in [0.3, 0.4) is 0 Å². The third-order valence-electron chi connectivity index (χ3n) is 21.5. The molecule has 0 atom stereocenters. The van der Waals surface area contributed by atoms with E-state index >= 15 is 0 Å². The Labute approximate surface area is 782 Å². The van der Waals surface area contributed by atoms with Crippen LogP contribution >= 0.6 is 22.9 Å². The van der Waals surface area contributed by atoms with E-state index in [9.17, 15) is 47.9 Å². The number of hydrogen-bond donors (Lipinski definition) is 9. The summed E-state index contributed by atoms with van der Waals surface area (Å²) in [5.74, 6) is -0.400. The number of fused-ring (bicyclic) bond motifs is 5. The highest BCUT2D eigenvalue weighted by Crippen LogP contribution is 2.32. The smallest absolute Gasteiger partial charge is 0.274 e. The number of aliphatic hydroxyl groups excluding tert-OH is 2. The Morgan fingerprint density at radius 2 is 0.919 bits per heavy atom. The van der Waals surface area contributed by atoms with Crippen molar-refractivity contribution in [2.75, 3.05) is 19.8 Å². The van der Waals surface area contributed by atoms with Crippen LogP contribution in [0.5, 0.6) is 17.2 Å². The fourth-order valence-electron chi connectivity index (χ4n) is 14.4. The van der Waals surface area contributed by atoms with E-state index in [0.29, 0.717) is 122 Å². The third-order valence-corrected chi connectivity index (χ3v) is 22.6. The Kier molecular flexibility index (Phi) is 31.5. The number of ether oxygens (including phenoxy) is 3. The van der Waals surface area contributed by atoms with Crippen LogP contribution < -0.4 is 58.4 Å². The number of para-hydroxylation sites is 2. The van der Waals surface area contributed by atoms with Gasteiger partial charge in [0.15, 0.2) is 11.6 Å². The van der Waals surface area contributed by atoms with E-state index in [1.165, 1.54) is 87.3 Å². The lowest BCUT2D eigenvalue weighted by atomic mass is 10.0. The number of amides is 3. The van der Waals surface area contributed by atoms with Crippen molar-refractivity contribution >= 4 is 107 Å². The number of carbonyl (C=O) groups excluding carboxylic acids is 5. The maximum Gasteiger partial charge on any atom is 0.274 e. The second kappa shape index (κ2) is 44.9. The minimum Gasteiger partial charge on any atom is -0.491 e. The molecule has 0 aliphatic rings. The van der Waals surface area contributed by atoms with Crippen molar-refractivity contribution in [3.63, 3.8) is 0 Å². The van der Waals surface area contributed by atoms with E-state index in [4.69, 9.17) is 51.6 Å². The number of halogens is 1. The molecule has 0 saturated heterocycles. The van der Waals surface area contributed by atoms with Gasteiger partial charge in [-0.15, -0.1) is 11.3 Å². The van der Waals surface area contributed by atoms with Gasteiger partial charge in [-0.05, 0) is 187 Å². The van der Waals surface area contributed by atoms with Gasteiger partial charge in [0, 0.05) is 60.9 Å². The zero-order valence-corrected chi connectivity index (χ0v) is 74.7. The summed E-state index contributed by atoms with van der Waals surface area (Å²) in [4.78, 5) is 146. The summed E-state index contributed by atoms with van der Waals surface area (Å²) in [6, 6.07) is 80.7. The van der Waals surface area contributed by atoms with Gasteiger partial charge in [-0.3, -0.25) is 77.3 Å². The number of nitrogens with one attached hydrogen (secondary N) is 4. The highest BCUT2D eigenvalue weighted by atomic mass is 35.5. The highest BCUT2D eigenvalue weighted by Gasteiger charge is 2.19. The monoisotopic (exact) mass is 1860 g/mol. The predicted octanol–water partition coefficient (Wildman–Crippen LogP) is 14.6. The third kappa shape index (κ3) is 23.8. The van der Waals surface area contributed by atoms with Gasteiger partial charge in [0.05, 0.1) is 99.5 Å². The number of hydroxylamine groups is 3. The molecule has 0 saturated carbocycles. The van der Waals surface area contributed by atoms with Crippen molar-refractivity contribution in [2.24, 2.45) is 0 Å². The van der Waals surface area contributed by atoms with Crippen molar-refractivity contribution in [2.45, 2.75) is 60.2 Å². The molecular weight excluding hydrogens is 1770 g/mol. The molecule has 18 rings (SSSR count). The molecule has 0 radical (unpaired) electrons. The molecule has 33 heteroatoms. The SMILES string of the molecule is Cc1ccc(Cn2cnc3ccc(C(=O)NO)cc3c2=O)cc1.Cc1ccccc1OCc1nc2cc(C(=O)NO)ccc2c(=O)[nH]1.Cc1nc(-c2ccccc2OCCn2ccc3ccc(C(=O)CO)cc3c2=O)cs1.O=C(CO)c1ccc2ncn(Cc3cccc(-c4ccccc4Cl)c3)c(=O)c2c1.O=C(NO)c1ccc2ncn(Cc3cccc(OCc4ccccc4)c3)c(=O)c2c1. The zero-order valence-electron chi connectivity index (χ0n) is 73.1. The molecule has 18 aromatic rings. The largest absolute Gasteiger partial charge is 0.491 e. The second-order valence-electron chi connectivity index (χ2n) is 30.8. The molecule has 0 fully saturated rings. The molecule has 3 amide bonds. The molecule has 0 bridgehead atoms. The van der Waals surface area contributed by atoms with Gasteiger partial charge < -0.3 is 34.0 Å². The lowest BCUT2D eigenvalue weighted by Crippen LogP contribution is -2.23. The fourth-order valence-corrected chi connectivity index (χ4v) is 15.2. The average molecular weight is 1860 g/mol. The van der Waals surface area contributed by atoms with Gasteiger partial charge in [0.25, 0.3) is 45.5 Å². The summed E-state index contributed by atoms with van der Waals surface area (Å²) in [6.07, 6.45) is 6.20. The minimum absolute atomic E-state index is 0.0897. The van der Waals surface area contributed by atoms with E-state index in [0.717, 1.165) is 66.2 Å². The molecule has 0 unspecified atom stereocenters. The van der Waals surface area contributed by atoms with E-state index in [1.54, 1.807) is 74.9 Å². The van der Waals surface area contributed by atoms with Crippen LogP contribution in [-0.2, 0) is 39.4 Å². The summed E-state index contributed by atoms with van der Waals surface area (Å²) in [5, 5.41) is 50.5. The first-order valence-corrected chi connectivity index (χ1v) is 43.4. The van der Waals surface area contributed by atoms with Gasteiger partial charge >= 0.3 is 0 Å². The molecule has 684 valence electrons. The quantitative estimate of drug-likeness (QED) is 0.0146. The van der Waals surface area contributed by atoms with Crippen molar-refractivity contribution in [1.82, 2.24) is 64.6 Å². The van der Waals surface area contributed by atoms with Gasteiger partial charge in [-0.1, -0.05) is 163 Å². The van der Waals surface area contributed by atoms with Crippen molar-refractivity contribution in [1.29, 1.82) is 0 Å². The van der Waals surface area contributed by atoms with Crippen LogP contribution in [0.1, 0.15) is 96.0 Å². The number of thiazole rings is 1.